The molecule has 2 aromatic rings. The number of alkyl halides is 3. The third-order valence-electron chi connectivity index (χ3n) is 5.13. The van der Waals surface area contributed by atoms with Crippen LogP contribution in [0.5, 0.6) is 0 Å². The number of aryl methyl sites for hydroxylation is 1. The number of aliphatic imine (C=N–C) groups is 1. The molecule has 6 nitrogen and oxygen atoms in total. The number of aromatic nitrogens is 2. The van der Waals surface area contributed by atoms with Crippen LogP contribution in [0.15, 0.2) is 29.3 Å². The van der Waals surface area contributed by atoms with Crippen LogP contribution in [0.1, 0.15) is 12.7 Å². The Kier molecular flexibility index (Phi) is 5.59. The van der Waals surface area contributed by atoms with Crippen LogP contribution in [0.2, 0.25) is 0 Å². The lowest BCUT2D eigenvalue weighted by atomic mass is 10.2. The highest BCUT2D eigenvalue weighted by atomic mass is 19.4. The highest BCUT2D eigenvalue weighted by Gasteiger charge is 2.41. The van der Waals surface area contributed by atoms with Gasteiger partial charge in [0.15, 0.2) is 5.96 Å². The van der Waals surface area contributed by atoms with Crippen LogP contribution in [-0.4, -0.2) is 70.8 Å². The molecule has 1 unspecified atom stereocenters. The van der Waals surface area contributed by atoms with Gasteiger partial charge in [0, 0.05) is 40.3 Å². The third-order valence-corrected chi connectivity index (χ3v) is 5.13. The first-order chi connectivity index (χ1) is 12.8. The number of imidazole rings is 1. The van der Waals surface area contributed by atoms with Crippen molar-refractivity contribution in [3.05, 3.63) is 30.1 Å². The maximum Gasteiger partial charge on any atom is 0.403 e. The van der Waals surface area contributed by atoms with Gasteiger partial charge in [-0.3, -0.25) is 9.89 Å². The van der Waals surface area contributed by atoms with Crippen LogP contribution < -0.4 is 5.32 Å². The molecule has 0 amide bonds. The quantitative estimate of drug-likeness (QED) is 0.653. The number of rotatable bonds is 3. The maximum atomic E-state index is 12.9. The Balaban J connectivity index is 1.59. The molecule has 148 valence electrons. The van der Waals surface area contributed by atoms with Gasteiger partial charge in [-0.2, -0.15) is 13.2 Å². The number of halogens is 3. The SMILES string of the molecule is CN=C(NCc1nc2ccccc2n1C)N1CCN(C(C)C(F)(F)F)CC1. The van der Waals surface area contributed by atoms with Crippen molar-refractivity contribution in [3.63, 3.8) is 0 Å². The van der Waals surface area contributed by atoms with Gasteiger partial charge in [-0.05, 0) is 19.1 Å². The number of nitrogens with zero attached hydrogens (tertiary/aromatic N) is 5. The first kappa shape index (κ1) is 19.5. The van der Waals surface area contributed by atoms with E-state index >= 15 is 0 Å². The summed E-state index contributed by atoms with van der Waals surface area (Å²) < 4.78 is 40.7. The van der Waals surface area contributed by atoms with Gasteiger partial charge in [0.25, 0.3) is 0 Å². The zero-order valence-electron chi connectivity index (χ0n) is 15.8. The monoisotopic (exact) mass is 382 g/mol. The number of guanidine groups is 1. The molecule has 1 aromatic carbocycles. The number of nitrogens with one attached hydrogen (secondary N) is 1. The predicted molar refractivity (Wildman–Crippen MR) is 99.6 cm³/mol. The van der Waals surface area contributed by atoms with Crippen LogP contribution in [-0.2, 0) is 13.6 Å². The minimum atomic E-state index is -4.19. The number of piperazine rings is 1. The lowest BCUT2D eigenvalue weighted by molar-refractivity contribution is -0.181. The smallest absolute Gasteiger partial charge is 0.349 e. The Bertz CT molecular complexity index is 805. The second-order valence-electron chi connectivity index (χ2n) is 6.72. The zero-order valence-corrected chi connectivity index (χ0v) is 15.8. The summed E-state index contributed by atoms with van der Waals surface area (Å²) in [7, 11) is 3.65. The summed E-state index contributed by atoms with van der Waals surface area (Å²) in [6, 6.07) is 6.49. The van der Waals surface area contributed by atoms with E-state index in [4.69, 9.17) is 0 Å². The van der Waals surface area contributed by atoms with Crippen molar-refractivity contribution < 1.29 is 13.2 Å². The number of hydrogen-bond acceptors (Lipinski definition) is 3. The lowest BCUT2D eigenvalue weighted by Crippen LogP contribution is -2.56. The van der Waals surface area contributed by atoms with Crippen molar-refractivity contribution in [1.29, 1.82) is 0 Å². The molecule has 27 heavy (non-hydrogen) atoms. The molecule has 1 fully saturated rings. The molecule has 1 aromatic heterocycles. The van der Waals surface area contributed by atoms with Crippen molar-refractivity contribution in [2.45, 2.75) is 25.7 Å². The standard InChI is InChI=1S/C18H25F3N6/c1-13(18(19,20)21)26-8-10-27(11-9-26)17(22-2)23-12-16-24-14-6-4-5-7-15(14)25(16)3/h4-7,13H,8-12H2,1-3H3,(H,22,23). The molecule has 0 bridgehead atoms. The minimum Gasteiger partial charge on any atom is -0.349 e. The van der Waals surface area contributed by atoms with E-state index < -0.39 is 12.2 Å². The molecule has 1 saturated heterocycles. The fourth-order valence-electron chi connectivity index (χ4n) is 3.37. The van der Waals surface area contributed by atoms with E-state index in [-0.39, 0.29) is 0 Å². The molecule has 9 heteroatoms. The summed E-state index contributed by atoms with van der Waals surface area (Å²) in [5, 5.41) is 3.28. The van der Waals surface area contributed by atoms with Gasteiger partial charge in [-0.15, -0.1) is 0 Å². The fourth-order valence-corrected chi connectivity index (χ4v) is 3.37. The summed E-state index contributed by atoms with van der Waals surface area (Å²) in [6.45, 7) is 3.43. The van der Waals surface area contributed by atoms with Crippen LogP contribution in [0.3, 0.4) is 0 Å². The minimum absolute atomic E-state index is 0.355. The van der Waals surface area contributed by atoms with Gasteiger partial charge in [-0.25, -0.2) is 4.98 Å². The Hall–Kier alpha value is -2.29. The van der Waals surface area contributed by atoms with Crippen molar-refractivity contribution in [1.82, 2.24) is 24.7 Å². The molecule has 0 aliphatic carbocycles. The molecule has 0 saturated carbocycles. The van der Waals surface area contributed by atoms with E-state index in [1.54, 1.807) is 7.05 Å². The number of fused-ring (bicyclic) bond motifs is 1. The molecule has 1 aliphatic rings. The summed E-state index contributed by atoms with van der Waals surface area (Å²) >= 11 is 0. The third kappa shape index (κ3) is 4.18. The van der Waals surface area contributed by atoms with Gasteiger partial charge >= 0.3 is 6.18 Å². The van der Waals surface area contributed by atoms with Gasteiger partial charge in [0.2, 0.25) is 0 Å². The predicted octanol–water partition coefficient (Wildman–Crippen LogP) is 2.22. The van der Waals surface area contributed by atoms with Crippen molar-refractivity contribution >= 4 is 17.0 Å². The molecule has 1 N–H and O–H groups in total. The summed E-state index contributed by atoms with van der Waals surface area (Å²) in [5.41, 5.74) is 1.99. The van der Waals surface area contributed by atoms with Gasteiger partial charge in [-0.1, -0.05) is 12.1 Å². The van der Waals surface area contributed by atoms with Gasteiger partial charge < -0.3 is 14.8 Å². The topological polar surface area (TPSA) is 48.7 Å². The fraction of sp³-hybridized carbons (Fsp3) is 0.556. The Morgan fingerprint density at radius 1 is 1.22 bits per heavy atom. The Labute approximate surface area is 156 Å². The van der Waals surface area contributed by atoms with Crippen molar-refractivity contribution in [2.75, 3.05) is 33.2 Å². The van der Waals surface area contributed by atoms with E-state index in [9.17, 15) is 13.2 Å². The normalized spacial score (nSPS) is 18.1. The van der Waals surface area contributed by atoms with Crippen LogP contribution in [0.4, 0.5) is 13.2 Å². The van der Waals surface area contributed by atoms with E-state index in [0.29, 0.717) is 38.7 Å². The second-order valence-corrected chi connectivity index (χ2v) is 6.72. The number of para-hydroxylation sites is 2. The average Bonchev–Trinajstić information content (AvgIpc) is 2.98. The first-order valence-corrected chi connectivity index (χ1v) is 8.98. The zero-order chi connectivity index (χ0) is 19.6. The molecular formula is C18H25F3N6. The molecule has 2 heterocycles. The summed E-state index contributed by atoms with van der Waals surface area (Å²) in [4.78, 5) is 12.4. The van der Waals surface area contributed by atoms with Gasteiger partial charge in [0.05, 0.1) is 17.6 Å². The van der Waals surface area contributed by atoms with Crippen molar-refractivity contribution in [3.8, 4) is 0 Å². The van der Waals surface area contributed by atoms with Crippen LogP contribution >= 0.6 is 0 Å². The Morgan fingerprint density at radius 2 is 1.89 bits per heavy atom. The Morgan fingerprint density at radius 3 is 2.48 bits per heavy atom. The summed E-state index contributed by atoms with van der Waals surface area (Å²) in [6.07, 6.45) is -4.19. The van der Waals surface area contributed by atoms with E-state index in [1.165, 1.54) is 11.8 Å². The molecule has 1 aliphatic heterocycles. The number of hydrogen-bond donors (Lipinski definition) is 1. The molecule has 1 atom stereocenters. The van der Waals surface area contributed by atoms with E-state index in [0.717, 1.165) is 16.9 Å². The van der Waals surface area contributed by atoms with Crippen LogP contribution in [0.25, 0.3) is 11.0 Å². The largest absolute Gasteiger partial charge is 0.403 e. The van der Waals surface area contributed by atoms with E-state index in [1.807, 2.05) is 40.8 Å². The second kappa shape index (κ2) is 7.75. The lowest BCUT2D eigenvalue weighted by Gasteiger charge is -2.39. The van der Waals surface area contributed by atoms with Crippen LogP contribution in [0, 0.1) is 0 Å². The van der Waals surface area contributed by atoms with Crippen molar-refractivity contribution in [2.24, 2.45) is 12.0 Å². The number of benzene rings is 1. The highest BCUT2D eigenvalue weighted by Crippen LogP contribution is 2.25. The molecule has 3 rings (SSSR count). The maximum absolute atomic E-state index is 12.9. The summed E-state index contributed by atoms with van der Waals surface area (Å²) in [5.74, 6) is 1.56. The highest BCUT2D eigenvalue weighted by molar-refractivity contribution is 5.80. The molecule has 0 spiro atoms. The molecular weight excluding hydrogens is 357 g/mol. The first-order valence-electron chi connectivity index (χ1n) is 8.98. The average molecular weight is 382 g/mol. The van der Waals surface area contributed by atoms with E-state index in [2.05, 4.69) is 15.3 Å². The van der Waals surface area contributed by atoms with Gasteiger partial charge in [0.1, 0.15) is 11.9 Å². The molecule has 0 radical (unpaired) electrons.